The van der Waals surface area contributed by atoms with Crippen LogP contribution >= 0.6 is 43.2 Å². The number of nitrogens with zero attached hydrogens (tertiary/aromatic N) is 1. The van der Waals surface area contributed by atoms with Crippen molar-refractivity contribution in [1.29, 1.82) is 0 Å². The van der Waals surface area contributed by atoms with E-state index in [9.17, 15) is 0 Å². The van der Waals surface area contributed by atoms with Crippen LogP contribution in [-0.4, -0.2) is 4.98 Å². The second-order valence-corrected chi connectivity index (χ2v) is 5.99. The zero-order valence-corrected chi connectivity index (χ0v) is 11.5. The van der Waals surface area contributed by atoms with E-state index >= 15 is 0 Å². The van der Waals surface area contributed by atoms with Crippen molar-refractivity contribution in [2.75, 3.05) is 0 Å². The summed E-state index contributed by atoms with van der Waals surface area (Å²) in [4.78, 5) is 5.54. The molecule has 0 saturated heterocycles. The molecule has 1 aromatic carbocycles. The van der Waals surface area contributed by atoms with Crippen LogP contribution in [0.3, 0.4) is 0 Å². The molecule has 0 aliphatic rings. The maximum absolute atomic E-state index is 4.46. The lowest BCUT2D eigenvalue weighted by Gasteiger charge is -1.92. The zero-order valence-electron chi connectivity index (χ0n) is 7.50. The van der Waals surface area contributed by atoms with Crippen molar-refractivity contribution in [2.45, 2.75) is 0 Å². The number of fused-ring (bicyclic) bond motifs is 3. The number of aromatic nitrogens is 1. The SMILES string of the molecule is Brc1ccc2c(c1)sc1nc(Br)ccc12. The van der Waals surface area contributed by atoms with Crippen LogP contribution in [0.15, 0.2) is 39.4 Å². The maximum atomic E-state index is 4.46. The van der Waals surface area contributed by atoms with Gasteiger partial charge in [-0.1, -0.05) is 22.0 Å². The monoisotopic (exact) mass is 341 g/mol. The van der Waals surface area contributed by atoms with Gasteiger partial charge >= 0.3 is 0 Å². The molecule has 0 atom stereocenters. The van der Waals surface area contributed by atoms with Gasteiger partial charge in [-0.15, -0.1) is 11.3 Å². The van der Waals surface area contributed by atoms with E-state index < -0.39 is 0 Å². The van der Waals surface area contributed by atoms with E-state index in [0.717, 1.165) is 13.9 Å². The first kappa shape index (κ1) is 9.75. The molecule has 0 fully saturated rings. The van der Waals surface area contributed by atoms with E-state index in [0.29, 0.717) is 0 Å². The fourth-order valence-corrected chi connectivity index (χ4v) is 3.66. The molecule has 3 rings (SSSR count). The fourth-order valence-electron chi connectivity index (χ4n) is 1.61. The van der Waals surface area contributed by atoms with Crippen LogP contribution < -0.4 is 0 Å². The third-order valence-corrected chi connectivity index (χ3v) is 4.26. The largest absolute Gasteiger partial charge is 0.230 e. The van der Waals surface area contributed by atoms with Gasteiger partial charge in [-0.3, -0.25) is 0 Å². The summed E-state index contributed by atoms with van der Waals surface area (Å²) in [6, 6.07) is 10.4. The molecule has 4 heteroatoms. The first-order valence-electron chi connectivity index (χ1n) is 4.38. The van der Waals surface area contributed by atoms with Crippen LogP contribution in [0.2, 0.25) is 0 Å². The number of hydrogen-bond acceptors (Lipinski definition) is 2. The zero-order chi connectivity index (χ0) is 10.4. The Balaban J connectivity index is 2.51. The Morgan fingerprint density at radius 3 is 2.67 bits per heavy atom. The Hall–Kier alpha value is -0.450. The molecule has 0 aliphatic carbocycles. The summed E-state index contributed by atoms with van der Waals surface area (Å²) in [7, 11) is 0. The summed E-state index contributed by atoms with van der Waals surface area (Å²) in [6.45, 7) is 0. The summed E-state index contributed by atoms with van der Waals surface area (Å²) in [5.74, 6) is 0. The predicted octanol–water partition coefficient (Wildman–Crippen LogP) is 4.97. The van der Waals surface area contributed by atoms with Crippen molar-refractivity contribution in [3.63, 3.8) is 0 Å². The molecule has 2 aromatic heterocycles. The van der Waals surface area contributed by atoms with Crippen molar-refractivity contribution in [3.05, 3.63) is 39.4 Å². The lowest BCUT2D eigenvalue weighted by molar-refractivity contribution is 1.38. The third kappa shape index (κ3) is 1.61. The highest BCUT2D eigenvalue weighted by Crippen LogP contribution is 2.34. The van der Waals surface area contributed by atoms with Gasteiger partial charge in [0.15, 0.2) is 0 Å². The highest BCUT2D eigenvalue weighted by molar-refractivity contribution is 9.10. The molecule has 3 aromatic rings. The van der Waals surface area contributed by atoms with Crippen LogP contribution in [0.1, 0.15) is 0 Å². The molecule has 0 aliphatic heterocycles. The molecule has 15 heavy (non-hydrogen) atoms. The molecule has 0 amide bonds. The molecule has 0 bridgehead atoms. The molecule has 1 nitrogen and oxygen atoms in total. The van der Waals surface area contributed by atoms with E-state index in [1.165, 1.54) is 15.5 Å². The van der Waals surface area contributed by atoms with Crippen molar-refractivity contribution in [2.24, 2.45) is 0 Å². The van der Waals surface area contributed by atoms with Crippen molar-refractivity contribution >= 4 is 63.5 Å². The van der Waals surface area contributed by atoms with Gasteiger partial charge in [0.25, 0.3) is 0 Å². The van der Waals surface area contributed by atoms with E-state index in [1.54, 1.807) is 11.3 Å². The molecular formula is C11H5Br2NS. The van der Waals surface area contributed by atoms with Gasteiger partial charge in [0.1, 0.15) is 9.43 Å². The highest BCUT2D eigenvalue weighted by Gasteiger charge is 2.06. The Labute approximate surface area is 107 Å². The number of halogens is 2. The predicted molar refractivity (Wildman–Crippen MR) is 72.5 cm³/mol. The van der Waals surface area contributed by atoms with Gasteiger partial charge < -0.3 is 0 Å². The van der Waals surface area contributed by atoms with Crippen molar-refractivity contribution < 1.29 is 0 Å². The topological polar surface area (TPSA) is 12.9 Å². The number of hydrogen-bond donors (Lipinski definition) is 0. The van der Waals surface area contributed by atoms with E-state index in [4.69, 9.17) is 0 Å². The lowest BCUT2D eigenvalue weighted by Crippen LogP contribution is -1.72. The summed E-state index contributed by atoms with van der Waals surface area (Å²) >= 11 is 8.59. The first-order valence-corrected chi connectivity index (χ1v) is 6.78. The molecule has 0 spiro atoms. The maximum Gasteiger partial charge on any atom is 0.125 e. The number of thiophene rings is 1. The number of rotatable bonds is 0. The van der Waals surface area contributed by atoms with Crippen LogP contribution in [0.4, 0.5) is 0 Å². The smallest absolute Gasteiger partial charge is 0.125 e. The van der Waals surface area contributed by atoms with Gasteiger partial charge in [-0.25, -0.2) is 4.98 Å². The average molecular weight is 343 g/mol. The average Bonchev–Trinajstić information content (AvgIpc) is 2.53. The van der Waals surface area contributed by atoms with Crippen LogP contribution in [0, 0.1) is 0 Å². The number of benzene rings is 1. The summed E-state index contributed by atoms with van der Waals surface area (Å²) in [5.41, 5.74) is 0. The van der Waals surface area contributed by atoms with Crippen molar-refractivity contribution in [1.82, 2.24) is 4.98 Å². The van der Waals surface area contributed by atoms with Gasteiger partial charge in [-0.2, -0.15) is 0 Å². The lowest BCUT2D eigenvalue weighted by atomic mass is 10.2. The molecule has 2 heterocycles. The molecule has 0 unspecified atom stereocenters. The van der Waals surface area contributed by atoms with Crippen molar-refractivity contribution in [3.8, 4) is 0 Å². The molecule has 0 N–H and O–H groups in total. The summed E-state index contributed by atoms with van der Waals surface area (Å²) in [5, 5.41) is 2.50. The van der Waals surface area contributed by atoms with Gasteiger partial charge in [0, 0.05) is 19.9 Å². The Morgan fingerprint density at radius 1 is 1.00 bits per heavy atom. The highest BCUT2D eigenvalue weighted by atomic mass is 79.9. The summed E-state index contributed by atoms with van der Waals surface area (Å²) < 4.78 is 3.27. The second kappa shape index (κ2) is 3.54. The first-order chi connectivity index (χ1) is 7.24. The van der Waals surface area contributed by atoms with Gasteiger partial charge in [-0.05, 0) is 40.2 Å². The van der Waals surface area contributed by atoms with Crippen LogP contribution in [0.25, 0.3) is 20.3 Å². The fraction of sp³-hybridized carbons (Fsp3) is 0. The molecule has 0 saturated carbocycles. The number of pyridine rings is 1. The van der Waals surface area contributed by atoms with E-state index in [1.807, 2.05) is 6.07 Å². The molecular weight excluding hydrogens is 338 g/mol. The Kier molecular flexibility index (Phi) is 2.30. The third-order valence-electron chi connectivity index (χ3n) is 2.27. The minimum atomic E-state index is 0.889. The molecule has 74 valence electrons. The van der Waals surface area contributed by atoms with E-state index in [-0.39, 0.29) is 0 Å². The summed E-state index contributed by atoms with van der Waals surface area (Å²) in [6.07, 6.45) is 0. The Morgan fingerprint density at radius 2 is 1.80 bits per heavy atom. The minimum Gasteiger partial charge on any atom is -0.230 e. The normalized spacial score (nSPS) is 11.3. The van der Waals surface area contributed by atoms with Crippen LogP contribution in [-0.2, 0) is 0 Å². The van der Waals surface area contributed by atoms with Gasteiger partial charge in [0.2, 0.25) is 0 Å². The molecule has 0 radical (unpaired) electrons. The minimum absolute atomic E-state index is 0.889. The Bertz CT molecular complexity index is 604. The second-order valence-electron chi connectivity index (χ2n) is 3.23. The standard InChI is InChI=1S/C11H5Br2NS/c12-6-1-2-7-8-3-4-10(13)14-11(8)15-9(7)5-6/h1-5H. The van der Waals surface area contributed by atoms with Gasteiger partial charge in [0.05, 0.1) is 0 Å². The quantitative estimate of drug-likeness (QED) is 0.525. The van der Waals surface area contributed by atoms with E-state index in [2.05, 4.69) is 61.1 Å². The van der Waals surface area contributed by atoms with Crippen LogP contribution in [0.5, 0.6) is 0 Å².